The summed E-state index contributed by atoms with van der Waals surface area (Å²) in [6.45, 7) is 7.75. The Hall–Kier alpha value is -3.87. The number of esters is 1. The topological polar surface area (TPSA) is 168 Å². The van der Waals surface area contributed by atoms with Crippen molar-refractivity contribution in [3.63, 3.8) is 0 Å². The van der Waals surface area contributed by atoms with Gasteiger partial charge in [0.2, 0.25) is 5.91 Å². The SMILES string of the molecule is CN(C)CCNC(=O)ON=C(N)c1ccc(N2CCC(NC(=O)NCCC(=O)OCC(C)(C)C)C2=O)cc1. The van der Waals surface area contributed by atoms with Gasteiger partial charge in [-0.1, -0.05) is 25.9 Å². The van der Waals surface area contributed by atoms with Gasteiger partial charge in [0.1, 0.15) is 6.04 Å². The molecule has 38 heavy (non-hydrogen) atoms. The normalized spacial score (nSPS) is 15.8. The number of anilines is 1. The molecule has 210 valence electrons. The highest BCUT2D eigenvalue weighted by Crippen LogP contribution is 2.22. The predicted molar refractivity (Wildman–Crippen MR) is 143 cm³/mol. The first-order valence-electron chi connectivity index (χ1n) is 12.4. The molecule has 13 nitrogen and oxygen atoms in total. The molecule has 1 aliphatic heterocycles. The summed E-state index contributed by atoms with van der Waals surface area (Å²) >= 11 is 0. The van der Waals surface area contributed by atoms with E-state index in [2.05, 4.69) is 21.1 Å². The molecule has 0 spiro atoms. The number of oxime groups is 1. The van der Waals surface area contributed by atoms with Crippen LogP contribution < -0.4 is 26.6 Å². The van der Waals surface area contributed by atoms with E-state index in [1.54, 1.807) is 29.2 Å². The number of amidine groups is 1. The summed E-state index contributed by atoms with van der Waals surface area (Å²) in [6.07, 6.45) is -0.238. The summed E-state index contributed by atoms with van der Waals surface area (Å²) in [5.74, 6) is -0.644. The number of urea groups is 1. The minimum absolute atomic E-state index is 0.00515. The average molecular weight is 534 g/mol. The summed E-state index contributed by atoms with van der Waals surface area (Å²) < 4.78 is 5.16. The van der Waals surface area contributed by atoms with Crippen LogP contribution in [0.5, 0.6) is 0 Å². The highest BCUT2D eigenvalue weighted by Gasteiger charge is 2.33. The molecule has 1 aromatic carbocycles. The highest BCUT2D eigenvalue weighted by atomic mass is 16.7. The van der Waals surface area contributed by atoms with E-state index < -0.39 is 24.1 Å². The van der Waals surface area contributed by atoms with Crippen molar-refractivity contribution in [3.8, 4) is 0 Å². The van der Waals surface area contributed by atoms with Crippen LogP contribution in [-0.2, 0) is 19.2 Å². The van der Waals surface area contributed by atoms with Crippen LogP contribution in [0.15, 0.2) is 29.4 Å². The van der Waals surface area contributed by atoms with Crippen LogP contribution in [0.1, 0.15) is 39.2 Å². The van der Waals surface area contributed by atoms with Gasteiger partial charge in [-0.15, -0.1) is 0 Å². The van der Waals surface area contributed by atoms with Crippen molar-refractivity contribution in [3.05, 3.63) is 29.8 Å². The number of carbonyl (C=O) groups excluding carboxylic acids is 4. The van der Waals surface area contributed by atoms with Gasteiger partial charge >= 0.3 is 18.1 Å². The van der Waals surface area contributed by atoms with Gasteiger partial charge in [-0.3, -0.25) is 14.4 Å². The third kappa shape index (κ3) is 10.6. The Morgan fingerprint density at radius 1 is 1.13 bits per heavy atom. The number of carbonyl (C=O) groups is 4. The highest BCUT2D eigenvalue weighted by molar-refractivity contribution is 6.02. The van der Waals surface area contributed by atoms with E-state index in [1.165, 1.54) is 0 Å². The van der Waals surface area contributed by atoms with Crippen molar-refractivity contribution < 1.29 is 28.8 Å². The summed E-state index contributed by atoms with van der Waals surface area (Å²) in [6, 6.07) is 5.48. The monoisotopic (exact) mass is 533 g/mol. The van der Waals surface area contributed by atoms with Crippen LogP contribution in [0, 0.1) is 5.41 Å². The Morgan fingerprint density at radius 2 is 1.82 bits per heavy atom. The first kappa shape index (κ1) is 30.4. The van der Waals surface area contributed by atoms with Crippen molar-refractivity contribution in [2.24, 2.45) is 16.3 Å². The molecule has 1 fully saturated rings. The fourth-order valence-corrected chi connectivity index (χ4v) is 3.30. The maximum absolute atomic E-state index is 12.8. The number of nitrogens with zero attached hydrogens (tertiary/aromatic N) is 3. The molecule has 1 aromatic rings. The van der Waals surface area contributed by atoms with Crippen molar-refractivity contribution in [1.82, 2.24) is 20.9 Å². The molecule has 2 rings (SSSR count). The van der Waals surface area contributed by atoms with Crippen LogP contribution >= 0.6 is 0 Å². The van der Waals surface area contributed by atoms with Crippen molar-refractivity contribution in [2.45, 2.75) is 39.7 Å². The lowest BCUT2D eigenvalue weighted by Gasteiger charge is -2.18. The number of rotatable bonds is 11. The number of nitrogens with one attached hydrogen (secondary N) is 3. The smallest absolute Gasteiger partial charge is 0.433 e. The van der Waals surface area contributed by atoms with Crippen LogP contribution in [0.3, 0.4) is 0 Å². The number of nitrogens with two attached hydrogens (primary N) is 1. The molecule has 1 saturated heterocycles. The second kappa shape index (κ2) is 14.2. The maximum Gasteiger partial charge on any atom is 0.433 e. The Bertz CT molecular complexity index is 1000. The third-order valence-corrected chi connectivity index (χ3v) is 5.32. The van der Waals surface area contributed by atoms with Crippen molar-refractivity contribution in [1.29, 1.82) is 0 Å². The Balaban J connectivity index is 1.79. The first-order valence-corrected chi connectivity index (χ1v) is 12.4. The van der Waals surface area contributed by atoms with Gasteiger partial charge in [0.25, 0.3) is 0 Å². The number of ether oxygens (including phenoxy) is 1. The van der Waals surface area contributed by atoms with Crippen LogP contribution in [0.2, 0.25) is 0 Å². The number of hydrogen-bond donors (Lipinski definition) is 4. The number of amides is 4. The number of hydrogen-bond acceptors (Lipinski definition) is 8. The summed E-state index contributed by atoms with van der Waals surface area (Å²) in [5.41, 5.74) is 6.90. The molecule has 1 heterocycles. The van der Waals surface area contributed by atoms with Crippen LogP contribution in [0.25, 0.3) is 0 Å². The van der Waals surface area contributed by atoms with Gasteiger partial charge < -0.3 is 36.2 Å². The molecule has 1 unspecified atom stereocenters. The van der Waals surface area contributed by atoms with E-state index in [-0.39, 0.29) is 30.1 Å². The van der Waals surface area contributed by atoms with E-state index in [1.807, 2.05) is 39.8 Å². The number of benzene rings is 1. The summed E-state index contributed by atoms with van der Waals surface area (Å²) in [7, 11) is 3.77. The van der Waals surface area contributed by atoms with Gasteiger partial charge in [-0.05, 0) is 50.2 Å². The second-order valence-corrected chi connectivity index (χ2v) is 10.3. The third-order valence-electron chi connectivity index (χ3n) is 5.32. The van der Waals surface area contributed by atoms with E-state index in [4.69, 9.17) is 15.3 Å². The van der Waals surface area contributed by atoms with E-state index in [0.29, 0.717) is 43.9 Å². The lowest BCUT2D eigenvalue weighted by atomic mass is 9.99. The summed E-state index contributed by atoms with van der Waals surface area (Å²) in [5, 5.41) is 11.4. The molecular formula is C25H39N7O6. The summed E-state index contributed by atoms with van der Waals surface area (Å²) in [4.78, 5) is 56.7. The molecule has 1 atom stereocenters. The molecular weight excluding hydrogens is 494 g/mol. The van der Waals surface area contributed by atoms with E-state index >= 15 is 0 Å². The molecule has 0 bridgehead atoms. The van der Waals surface area contributed by atoms with Gasteiger partial charge in [-0.25, -0.2) is 9.59 Å². The van der Waals surface area contributed by atoms with Crippen LogP contribution in [0.4, 0.5) is 15.3 Å². The Kier molecular flexibility index (Phi) is 11.3. The number of likely N-dealkylation sites (N-methyl/N-ethyl adjacent to an activating group) is 1. The molecule has 4 amide bonds. The van der Waals surface area contributed by atoms with Gasteiger partial charge in [0, 0.05) is 37.4 Å². The Morgan fingerprint density at radius 3 is 2.45 bits per heavy atom. The largest absolute Gasteiger partial charge is 0.465 e. The molecule has 0 aromatic heterocycles. The standard InChI is InChI=1S/C25H39N7O6/c1-25(2,3)16-37-20(33)10-12-27-23(35)29-19-11-14-32(22(19)34)18-8-6-17(7-9-18)21(26)30-38-24(36)28-13-15-31(4)5/h6-9,19H,10-16H2,1-5H3,(H2,26,30)(H,28,36)(H2,27,29,35). The quantitative estimate of drug-likeness (QED) is 0.107. The van der Waals surface area contributed by atoms with E-state index in [9.17, 15) is 19.2 Å². The van der Waals surface area contributed by atoms with Gasteiger partial charge in [0.05, 0.1) is 13.0 Å². The molecule has 13 heteroatoms. The average Bonchev–Trinajstić information content (AvgIpc) is 3.20. The Labute approximate surface area is 223 Å². The lowest BCUT2D eigenvalue weighted by molar-refractivity contribution is -0.146. The fourth-order valence-electron chi connectivity index (χ4n) is 3.30. The molecule has 0 radical (unpaired) electrons. The minimum Gasteiger partial charge on any atom is -0.465 e. The zero-order valence-corrected chi connectivity index (χ0v) is 22.7. The molecule has 0 aliphatic carbocycles. The van der Waals surface area contributed by atoms with Crippen molar-refractivity contribution in [2.75, 3.05) is 51.8 Å². The van der Waals surface area contributed by atoms with Crippen LogP contribution in [-0.4, -0.2) is 87.7 Å². The fraction of sp³-hybridized carbons (Fsp3) is 0.560. The molecule has 1 aliphatic rings. The molecule has 5 N–H and O–H groups in total. The molecule has 0 saturated carbocycles. The van der Waals surface area contributed by atoms with Crippen molar-refractivity contribution >= 4 is 35.5 Å². The van der Waals surface area contributed by atoms with E-state index in [0.717, 1.165) is 0 Å². The first-order chi connectivity index (χ1) is 17.9. The zero-order chi connectivity index (χ0) is 28.3. The van der Waals surface area contributed by atoms with Gasteiger partial charge in [-0.2, -0.15) is 0 Å². The maximum atomic E-state index is 12.8. The predicted octanol–water partition coefficient (Wildman–Crippen LogP) is 0.979. The zero-order valence-electron chi connectivity index (χ0n) is 22.7. The second-order valence-electron chi connectivity index (χ2n) is 10.3. The van der Waals surface area contributed by atoms with Gasteiger partial charge in [0.15, 0.2) is 5.84 Å². The lowest BCUT2D eigenvalue weighted by Crippen LogP contribution is -2.46. The minimum atomic E-state index is -0.711.